The summed E-state index contributed by atoms with van der Waals surface area (Å²) in [6, 6.07) is 0.454. The molecule has 9 heteroatoms. The minimum atomic E-state index is 0. The molecular weight excluding hydrogens is 491 g/mol. The highest BCUT2D eigenvalue weighted by atomic mass is 127. The fraction of sp³-hybridized carbons (Fsp3) is 0.611. The molecule has 0 bridgehead atoms. The number of aromatic nitrogens is 3. The molecule has 0 aromatic carbocycles. The molecule has 0 saturated carbocycles. The van der Waals surface area contributed by atoms with Crippen LogP contribution in [0.5, 0.6) is 0 Å². The van der Waals surface area contributed by atoms with Crippen molar-refractivity contribution in [2.75, 3.05) is 31.9 Å². The number of imidazole rings is 1. The summed E-state index contributed by atoms with van der Waals surface area (Å²) >= 11 is 3.53. The van der Waals surface area contributed by atoms with Crippen molar-refractivity contribution in [1.29, 1.82) is 0 Å². The van der Waals surface area contributed by atoms with E-state index in [9.17, 15) is 0 Å². The van der Waals surface area contributed by atoms with Crippen molar-refractivity contribution in [1.82, 2.24) is 24.8 Å². The molecule has 150 valence electrons. The lowest BCUT2D eigenvalue weighted by atomic mass is 9.93. The van der Waals surface area contributed by atoms with Crippen LogP contribution in [0, 0.1) is 5.92 Å². The van der Waals surface area contributed by atoms with Gasteiger partial charge in [-0.05, 0) is 25.7 Å². The summed E-state index contributed by atoms with van der Waals surface area (Å²) < 4.78 is 3.39. The molecule has 1 fully saturated rings. The molecule has 0 amide bonds. The molecule has 0 aliphatic carbocycles. The van der Waals surface area contributed by atoms with Gasteiger partial charge in [-0.1, -0.05) is 18.7 Å². The van der Waals surface area contributed by atoms with Gasteiger partial charge in [0.25, 0.3) is 0 Å². The van der Waals surface area contributed by atoms with Crippen LogP contribution in [0.1, 0.15) is 32.7 Å². The van der Waals surface area contributed by atoms with Crippen LogP contribution in [0.15, 0.2) is 39.6 Å². The summed E-state index contributed by atoms with van der Waals surface area (Å²) in [6.45, 7) is 8.26. The van der Waals surface area contributed by atoms with E-state index in [4.69, 9.17) is 4.99 Å². The molecule has 2 unspecified atom stereocenters. The van der Waals surface area contributed by atoms with E-state index in [-0.39, 0.29) is 24.0 Å². The lowest BCUT2D eigenvalue weighted by Crippen LogP contribution is -2.49. The predicted molar refractivity (Wildman–Crippen MR) is 125 cm³/mol. The summed E-state index contributed by atoms with van der Waals surface area (Å²) in [5, 5.41) is 5.50. The summed E-state index contributed by atoms with van der Waals surface area (Å²) in [4.78, 5) is 15.8. The van der Waals surface area contributed by atoms with Gasteiger partial charge in [0.05, 0.1) is 12.4 Å². The van der Waals surface area contributed by atoms with Gasteiger partial charge in [-0.25, -0.2) is 9.97 Å². The predicted octanol–water partition coefficient (Wildman–Crippen LogP) is 3.99. The van der Waals surface area contributed by atoms with Gasteiger partial charge in [0.1, 0.15) is 4.34 Å². The van der Waals surface area contributed by atoms with Crippen molar-refractivity contribution in [2.24, 2.45) is 10.9 Å². The number of rotatable bonds is 7. The van der Waals surface area contributed by atoms with Gasteiger partial charge in [0.2, 0.25) is 0 Å². The zero-order valence-corrected chi connectivity index (χ0v) is 19.9. The van der Waals surface area contributed by atoms with Crippen LogP contribution in [-0.4, -0.2) is 57.3 Å². The number of nitrogens with one attached hydrogen (secondary N) is 1. The van der Waals surface area contributed by atoms with E-state index in [2.05, 4.69) is 44.8 Å². The molecule has 3 heterocycles. The molecule has 1 saturated heterocycles. The van der Waals surface area contributed by atoms with Crippen molar-refractivity contribution < 1.29 is 0 Å². The normalized spacial score (nSPS) is 20.4. The van der Waals surface area contributed by atoms with E-state index in [0.717, 1.165) is 48.7 Å². The number of likely N-dealkylation sites (tertiary alicyclic amines) is 1. The molecule has 6 nitrogen and oxygen atoms in total. The van der Waals surface area contributed by atoms with E-state index in [1.807, 2.05) is 35.9 Å². The van der Waals surface area contributed by atoms with Crippen LogP contribution in [0.25, 0.3) is 0 Å². The Labute approximate surface area is 187 Å². The minimum absolute atomic E-state index is 0. The Morgan fingerprint density at radius 2 is 2.33 bits per heavy atom. The van der Waals surface area contributed by atoms with E-state index in [0.29, 0.717) is 12.0 Å². The summed E-state index contributed by atoms with van der Waals surface area (Å²) in [5.41, 5.74) is 0. The maximum absolute atomic E-state index is 4.87. The van der Waals surface area contributed by atoms with Crippen LogP contribution < -0.4 is 5.32 Å². The third-order valence-electron chi connectivity index (χ3n) is 4.66. The molecule has 27 heavy (non-hydrogen) atoms. The van der Waals surface area contributed by atoms with Gasteiger partial charge in [-0.3, -0.25) is 4.99 Å². The van der Waals surface area contributed by atoms with Crippen LogP contribution in [-0.2, 0) is 0 Å². The Hall–Kier alpha value is -0.810. The maximum Gasteiger partial charge on any atom is 0.193 e. The Kier molecular flexibility index (Phi) is 9.91. The Morgan fingerprint density at radius 1 is 1.44 bits per heavy atom. The molecule has 2 atom stereocenters. The zero-order chi connectivity index (χ0) is 18.2. The van der Waals surface area contributed by atoms with E-state index in [1.54, 1.807) is 11.3 Å². The maximum atomic E-state index is 4.87. The highest BCUT2D eigenvalue weighted by molar-refractivity contribution is 14.0. The second-order valence-electron chi connectivity index (χ2n) is 6.52. The molecule has 1 aliphatic rings. The quantitative estimate of drug-likeness (QED) is 0.197. The Morgan fingerprint density at radius 3 is 3.04 bits per heavy atom. The lowest BCUT2D eigenvalue weighted by Gasteiger charge is -2.39. The van der Waals surface area contributed by atoms with E-state index in [1.165, 1.54) is 6.42 Å². The minimum Gasteiger partial charge on any atom is -0.357 e. The van der Waals surface area contributed by atoms with Crippen LogP contribution >= 0.6 is 47.1 Å². The number of nitrogens with zero attached hydrogens (tertiary/aromatic N) is 5. The van der Waals surface area contributed by atoms with Gasteiger partial charge >= 0.3 is 0 Å². The summed E-state index contributed by atoms with van der Waals surface area (Å²) in [7, 11) is 0. The monoisotopic (exact) mass is 520 g/mol. The van der Waals surface area contributed by atoms with Gasteiger partial charge in [-0.15, -0.1) is 35.3 Å². The van der Waals surface area contributed by atoms with Gasteiger partial charge < -0.3 is 14.8 Å². The lowest BCUT2D eigenvalue weighted by molar-refractivity contribution is 0.189. The molecule has 0 spiro atoms. The van der Waals surface area contributed by atoms with Crippen LogP contribution in [0.4, 0.5) is 0 Å². The summed E-state index contributed by atoms with van der Waals surface area (Å²) in [6.07, 6.45) is 9.98. The van der Waals surface area contributed by atoms with Crippen molar-refractivity contribution in [3.63, 3.8) is 0 Å². The second kappa shape index (κ2) is 11.9. The largest absolute Gasteiger partial charge is 0.357 e. The number of aliphatic imine (C=N–C) groups is 1. The van der Waals surface area contributed by atoms with Crippen molar-refractivity contribution in [2.45, 2.75) is 37.1 Å². The first-order valence-electron chi connectivity index (χ1n) is 9.31. The van der Waals surface area contributed by atoms with Crippen molar-refractivity contribution in [3.05, 3.63) is 30.3 Å². The van der Waals surface area contributed by atoms with Gasteiger partial charge in [0.15, 0.2) is 5.96 Å². The SMILES string of the molecule is CCNC(=NCCCSc1nccs1)N1CCC(C)C(n2ccnc2)C1.I. The third kappa shape index (κ3) is 6.63. The Balaban J connectivity index is 0.00000261. The van der Waals surface area contributed by atoms with E-state index < -0.39 is 0 Å². The fourth-order valence-electron chi connectivity index (χ4n) is 3.21. The molecule has 2 aromatic heterocycles. The molecule has 2 aromatic rings. The average Bonchev–Trinajstić information content (AvgIpc) is 3.35. The number of thioether (sulfide) groups is 1. The molecular formula is C18H29IN6S2. The average molecular weight is 521 g/mol. The first-order chi connectivity index (χ1) is 12.8. The van der Waals surface area contributed by atoms with Gasteiger partial charge in [0, 0.05) is 55.9 Å². The first kappa shape index (κ1) is 22.5. The number of piperidine rings is 1. The smallest absolute Gasteiger partial charge is 0.193 e. The molecule has 3 rings (SSSR count). The van der Waals surface area contributed by atoms with Crippen molar-refractivity contribution >= 4 is 53.0 Å². The third-order valence-corrected chi connectivity index (χ3v) is 6.71. The summed E-state index contributed by atoms with van der Waals surface area (Å²) in [5.74, 6) is 2.76. The number of hydrogen-bond donors (Lipinski definition) is 1. The van der Waals surface area contributed by atoms with Crippen LogP contribution in [0.3, 0.4) is 0 Å². The number of hydrogen-bond acceptors (Lipinski definition) is 5. The fourth-order valence-corrected chi connectivity index (χ4v) is 4.84. The molecule has 0 radical (unpaired) electrons. The molecule has 1 N–H and O–H groups in total. The first-order valence-corrected chi connectivity index (χ1v) is 11.2. The number of guanidine groups is 1. The second-order valence-corrected chi connectivity index (χ2v) is 8.76. The zero-order valence-electron chi connectivity index (χ0n) is 16.0. The van der Waals surface area contributed by atoms with Crippen LogP contribution in [0.2, 0.25) is 0 Å². The van der Waals surface area contributed by atoms with Gasteiger partial charge in [-0.2, -0.15) is 0 Å². The topological polar surface area (TPSA) is 58.3 Å². The standard InChI is InChI=1S/C18H28N6S2.HI/c1-3-20-17(21-6-4-11-25-18-22-8-12-26-18)23-9-5-15(2)16(13-23)24-10-7-19-14-24;/h7-8,10,12,14-16H,3-6,9,11,13H2,1-2H3,(H,20,21);1H. The number of thiazole rings is 1. The highest BCUT2D eigenvalue weighted by Crippen LogP contribution is 2.27. The molecule has 1 aliphatic heterocycles. The van der Waals surface area contributed by atoms with Crippen molar-refractivity contribution in [3.8, 4) is 0 Å². The number of halogens is 1. The Bertz CT molecular complexity index is 661. The van der Waals surface area contributed by atoms with E-state index >= 15 is 0 Å². The highest BCUT2D eigenvalue weighted by Gasteiger charge is 2.28.